The Bertz CT molecular complexity index is 742. The van der Waals surface area contributed by atoms with Crippen LogP contribution in [0.1, 0.15) is 29.4 Å². The molecule has 0 saturated heterocycles. The summed E-state index contributed by atoms with van der Waals surface area (Å²) in [5, 5.41) is 11.2. The summed E-state index contributed by atoms with van der Waals surface area (Å²) in [7, 11) is 3.69. The number of para-hydroxylation sites is 1. The second-order valence-corrected chi connectivity index (χ2v) is 6.27. The molecule has 27 heavy (non-hydrogen) atoms. The minimum atomic E-state index is 0. The number of ether oxygens (including phenoxy) is 1. The predicted molar refractivity (Wildman–Crippen MR) is 122 cm³/mol. The smallest absolute Gasteiger partial charge is 0.191 e. The van der Waals surface area contributed by atoms with Gasteiger partial charge in [-0.15, -0.1) is 24.0 Å². The van der Waals surface area contributed by atoms with Crippen LogP contribution in [0.2, 0.25) is 0 Å². The minimum Gasteiger partial charge on any atom is -0.496 e. The van der Waals surface area contributed by atoms with E-state index in [4.69, 9.17) is 9.73 Å². The number of aromatic nitrogens is 2. The Hall–Kier alpha value is -1.77. The van der Waals surface area contributed by atoms with Gasteiger partial charge in [0.1, 0.15) is 5.75 Å². The fourth-order valence-electron chi connectivity index (χ4n) is 3.03. The fraction of sp³-hybridized carbons (Fsp3) is 0.500. The number of aliphatic imine (C=N–C) groups is 1. The lowest BCUT2D eigenvalue weighted by molar-refractivity contribution is 0.409. The molecule has 1 aromatic heterocycles. The quantitative estimate of drug-likeness (QED) is 0.343. The summed E-state index contributed by atoms with van der Waals surface area (Å²) in [6, 6.07) is 8.12. The standard InChI is InChI=1S/C20H31N5O.HI/c1-6-21-20(22-13-11-17-9-7-8-10-19(17)26-5)23-14-12-18-15(2)24-25(4)16(18)3;/h7-10H,6,11-14H2,1-5H3,(H2,21,22,23);1H. The van der Waals surface area contributed by atoms with Gasteiger partial charge in [0.2, 0.25) is 0 Å². The molecule has 0 aliphatic rings. The number of benzene rings is 1. The molecule has 7 heteroatoms. The monoisotopic (exact) mass is 485 g/mol. The van der Waals surface area contributed by atoms with Crippen LogP contribution in [0.4, 0.5) is 0 Å². The Kier molecular flexibility index (Phi) is 10.2. The molecule has 2 N–H and O–H groups in total. The molecule has 0 radical (unpaired) electrons. The van der Waals surface area contributed by atoms with Gasteiger partial charge in [0, 0.05) is 32.4 Å². The number of hydrogen-bond donors (Lipinski definition) is 2. The van der Waals surface area contributed by atoms with Crippen LogP contribution in [0.25, 0.3) is 0 Å². The van der Waals surface area contributed by atoms with Crippen molar-refractivity contribution in [2.75, 3.05) is 26.7 Å². The highest BCUT2D eigenvalue weighted by Gasteiger charge is 2.08. The fourth-order valence-corrected chi connectivity index (χ4v) is 3.03. The molecular weight excluding hydrogens is 453 g/mol. The molecule has 2 aromatic rings. The highest BCUT2D eigenvalue weighted by atomic mass is 127. The van der Waals surface area contributed by atoms with Gasteiger partial charge in [0.15, 0.2) is 5.96 Å². The van der Waals surface area contributed by atoms with Gasteiger partial charge in [-0.1, -0.05) is 18.2 Å². The van der Waals surface area contributed by atoms with Crippen molar-refractivity contribution in [2.24, 2.45) is 12.0 Å². The van der Waals surface area contributed by atoms with E-state index in [0.29, 0.717) is 0 Å². The molecule has 1 heterocycles. The largest absolute Gasteiger partial charge is 0.496 e. The van der Waals surface area contributed by atoms with Gasteiger partial charge in [0.25, 0.3) is 0 Å². The van der Waals surface area contributed by atoms with Gasteiger partial charge in [-0.25, -0.2) is 0 Å². The molecule has 0 bridgehead atoms. The van der Waals surface area contributed by atoms with Crippen molar-refractivity contribution < 1.29 is 4.74 Å². The van der Waals surface area contributed by atoms with Crippen molar-refractivity contribution in [3.05, 3.63) is 46.8 Å². The van der Waals surface area contributed by atoms with Gasteiger partial charge in [0.05, 0.1) is 12.8 Å². The summed E-state index contributed by atoms with van der Waals surface area (Å²) < 4.78 is 7.34. The van der Waals surface area contributed by atoms with E-state index < -0.39 is 0 Å². The number of aryl methyl sites for hydroxylation is 2. The maximum atomic E-state index is 5.41. The van der Waals surface area contributed by atoms with Crippen LogP contribution in [0.15, 0.2) is 29.3 Å². The molecule has 0 atom stereocenters. The number of methoxy groups -OCH3 is 1. The van der Waals surface area contributed by atoms with Crippen LogP contribution < -0.4 is 15.4 Å². The molecule has 6 nitrogen and oxygen atoms in total. The highest BCUT2D eigenvalue weighted by molar-refractivity contribution is 14.0. The number of rotatable bonds is 8. The first-order valence-corrected chi connectivity index (χ1v) is 9.20. The Morgan fingerprint density at radius 3 is 2.56 bits per heavy atom. The van der Waals surface area contributed by atoms with Crippen molar-refractivity contribution in [2.45, 2.75) is 33.6 Å². The van der Waals surface area contributed by atoms with Crippen LogP contribution >= 0.6 is 24.0 Å². The van der Waals surface area contributed by atoms with E-state index in [9.17, 15) is 0 Å². The summed E-state index contributed by atoms with van der Waals surface area (Å²) in [4.78, 5) is 4.70. The minimum absolute atomic E-state index is 0. The molecule has 0 saturated carbocycles. The number of hydrogen-bond acceptors (Lipinski definition) is 3. The molecule has 150 valence electrons. The molecule has 2 rings (SSSR count). The highest BCUT2D eigenvalue weighted by Crippen LogP contribution is 2.17. The SMILES string of the molecule is CCNC(=NCCc1c(C)nn(C)c1C)NCCc1ccccc1OC.I. The number of guanidine groups is 1. The topological polar surface area (TPSA) is 63.5 Å². The van der Waals surface area contributed by atoms with Gasteiger partial charge in [-0.2, -0.15) is 5.10 Å². The average Bonchev–Trinajstić information content (AvgIpc) is 2.88. The first-order valence-electron chi connectivity index (χ1n) is 9.20. The van der Waals surface area contributed by atoms with Crippen molar-refractivity contribution in [3.63, 3.8) is 0 Å². The Balaban J connectivity index is 0.00000364. The van der Waals surface area contributed by atoms with Gasteiger partial charge >= 0.3 is 0 Å². The van der Waals surface area contributed by atoms with E-state index >= 15 is 0 Å². The maximum absolute atomic E-state index is 5.41. The average molecular weight is 485 g/mol. The van der Waals surface area contributed by atoms with Crippen LogP contribution in [-0.2, 0) is 19.9 Å². The van der Waals surface area contributed by atoms with E-state index in [2.05, 4.69) is 42.6 Å². The van der Waals surface area contributed by atoms with Crippen molar-refractivity contribution in [1.29, 1.82) is 0 Å². The predicted octanol–water partition coefficient (Wildman–Crippen LogP) is 3.00. The summed E-state index contributed by atoms with van der Waals surface area (Å²) >= 11 is 0. The van der Waals surface area contributed by atoms with Gasteiger partial charge < -0.3 is 15.4 Å². The zero-order chi connectivity index (χ0) is 18.9. The Morgan fingerprint density at radius 2 is 1.93 bits per heavy atom. The van der Waals surface area contributed by atoms with E-state index in [-0.39, 0.29) is 24.0 Å². The first kappa shape index (κ1) is 23.3. The van der Waals surface area contributed by atoms with Crippen molar-refractivity contribution in [1.82, 2.24) is 20.4 Å². The van der Waals surface area contributed by atoms with Crippen molar-refractivity contribution >= 4 is 29.9 Å². The van der Waals surface area contributed by atoms with Crippen LogP contribution in [0.3, 0.4) is 0 Å². The molecule has 0 fully saturated rings. The lowest BCUT2D eigenvalue weighted by atomic mass is 10.1. The maximum Gasteiger partial charge on any atom is 0.191 e. The van der Waals surface area contributed by atoms with E-state index in [1.807, 2.05) is 29.9 Å². The molecule has 0 unspecified atom stereocenters. The third-order valence-corrected chi connectivity index (χ3v) is 4.51. The van der Waals surface area contributed by atoms with Crippen LogP contribution in [-0.4, -0.2) is 42.5 Å². The number of halogens is 1. The normalized spacial score (nSPS) is 11.1. The lowest BCUT2D eigenvalue weighted by Gasteiger charge is -2.12. The van der Waals surface area contributed by atoms with E-state index in [1.165, 1.54) is 16.8 Å². The van der Waals surface area contributed by atoms with E-state index in [0.717, 1.165) is 49.9 Å². The number of nitrogens with zero attached hydrogens (tertiary/aromatic N) is 3. The third-order valence-electron chi connectivity index (χ3n) is 4.51. The summed E-state index contributed by atoms with van der Waals surface area (Å²) in [6.07, 6.45) is 1.78. The molecule has 0 amide bonds. The Morgan fingerprint density at radius 1 is 1.19 bits per heavy atom. The zero-order valence-electron chi connectivity index (χ0n) is 17.0. The molecule has 0 spiro atoms. The molecular formula is C20H32IN5O. The second-order valence-electron chi connectivity index (χ2n) is 6.27. The lowest BCUT2D eigenvalue weighted by Crippen LogP contribution is -2.38. The summed E-state index contributed by atoms with van der Waals surface area (Å²) in [5.74, 6) is 1.78. The molecule has 0 aliphatic carbocycles. The van der Waals surface area contributed by atoms with E-state index in [1.54, 1.807) is 7.11 Å². The van der Waals surface area contributed by atoms with Gasteiger partial charge in [-0.3, -0.25) is 9.67 Å². The first-order chi connectivity index (χ1) is 12.6. The van der Waals surface area contributed by atoms with Crippen molar-refractivity contribution in [3.8, 4) is 5.75 Å². The van der Waals surface area contributed by atoms with Crippen LogP contribution in [0, 0.1) is 13.8 Å². The van der Waals surface area contributed by atoms with Gasteiger partial charge in [-0.05, 0) is 50.8 Å². The Labute approximate surface area is 179 Å². The second kappa shape index (κ2) is 11.8. The molecule has 0 aliphatic heterocycles. The summed E-state index contributed by atoms with van der Waals surface area (Å²) in [6.45, 7) is 8.62. The van der Waals surface area contributed by atoms with Crippen LogP contribution in [0.5, 0.6) is 5.75 Å². The molecule has 1 aromatic carbocycles. The number of nitrogens with one attached hydrogen (secondary N) is 2. The zero-order valence-corrected chi connectivity index (χ0v) is 19.3. The summed E-state index contributed by atoms with van der Waals surface area (Å²) in [5.41, 5.74) is 4.79. The third kappa shape index (κ3) is 6.71.